The van der Waals surface area contributed by atoms with E-state index in [0.29, 0.717) is 11.3 Å². The van der Waals surface area contributed by atoms with E-state index in [4.69, 9.17) is 5.11 Å². The minimum absolute atomic E-state index is 0.0941. The molecular formula is C15H14FNO2. The van der Waals surface area contributed by atoms with Gasteiger partial charge in [0.25, 0.3) is 5.91 Å². The molecule has 0 saturated carbocycles. The van der Waals surface area contributed by atoms with Crippen LogP contribution in [0.4, 0.5) is 10.1 Å². The molecule has 0 spiro atoms. The highest BCUT2D eigenvalue weighted by Gasteiger charge is 2.09. The zero-order valence-electron chi connectivity index (χ0n) is 10.5. The summed E-state index contributed by atoms with van der Waals surface area (Å²) in [4.78, 5) is 12.0. The number of carbonyl (C=O) groups excluding carboxylic acids is 1. The highest BCUT2D eigenvalue weighted by atomic mass is 19.1. The molecule has 1 amide bonds. The van der Waals surface area contributed by atoms with E-state index in [-0.39, 0.29) is 18.1 Å². The number of nitrogens with one attached hydrogen (secondary N) is 1. The third-order valence-corrected chi connectivity index (χ3v) is 2.82. The summed E-state index contributed by atoms with van der Waals surface area (Å²) in [6, 6.07) is 10.8. The monoisotopic (exact) mass is 259 g/mol. The molecule has 0 aliphatic carbocycles. The Morgan fingerprint density at radius 1 is 1.26 bits per heavy atom. The third-order valence-electron chi connectivity index (χ3n) is 2.82. The fourth-order valence-electron chi connectivity index (χ4n) is 1.73. The lowest BCUT2D eigenvalue weighted by molar-refractivity contribution is 0.102. The van der Waals surface area contributed by atoms with Gasteiger partial charge in [0.1, 0.15) is 5.82 Å². The van der Waals surface area contributed by atoms with Gasteiger partial charge in [0.2, 0.25) is 0 Å². The summed E-state index contributed by atoms with van der Waals surface area (Å²) < 4.78 is 13.1. The fourth-order valence-corrected chi connectivity index (χ4v) is 1.73. The molecule has 2 rings (SSSR count). The largest absolute Gasteiger partial charge is 0.392 e. The number of amides is 1. The first-order valence-corrected chi connectivity index (χ1v) is 5.87. The first kappa shape index (κ1) is 13.2. The molecule has 4 heteroatoms. The quantitative estimate of drug-likeness (QED) is 0.890. The Kier molecular flexibility index (Phi) is 3.92. The lowest BCUT2D eigenvalue weighted by atomic mass is 10.1. The summed E-state index contributed by atoms with van der Waals surface area (Å²) in [6.07, 6.45) is 0. The maximum absolute atomic E-state index is 13.1. The van der Waals surface area contributed by atoms with Crippen molar-refractivity contribution < 1.29 is 14.3 Å². The van der Waals surface area contributed by atoms with Gasteiger partial charge in [-0.15, -0.1) is 0 Å². The first-order valence-electron chi connectivity index (χ1n) is 5.87. The second-order valence-electron chi connectivity index (χ2n) is 4.27. The van der Waals surface area contributed by atoms with Gasteiger partial charge in [-0.1, -0.05) is 18.2 Å². The molecular weight excluding hydrogens is 245 g/mol. The Hall–Kier alpha value is -2.20. The Labute approximate surface area is 110 Å². The van der Waals surface area contributed by atoms with Crippen LogP contribution in [0.15, 0.2) is 42.5 Å². The van der Waals surface area contributed by atoms with Gasteiger partial charge in [0.05, 0.1) is 6.61 Å². The molecule has 0 atom stereocenters. The van der Waals surface area contributed by atoms with Gasteiger partial charge in [-0.2, -0.15) is 0 Å². The van der Waals surface area contributed by atoms with Crippen LogP contribution in [0.25, 0.3) is 0 Å². The van der Waals surface area contributed by atoms with E-state index in [1.54, 1.807) is 18.2 Å². The Morgan fingerprint density at radius 3 is 2.74 bits per heavy atom. The minimum atomic E-state index is -0.450. The van der Waals surface area contributed by atoms with Crippen LogP contribution in [0.5, 0.6) is 0 Å². The molecule has 0 aliphatic rings. The Balaban J connectivity index is 2.23. The number of benzene rings is 2. The van der Waals surface area contributed by atoms with Gasteiger partial charge >= 0.3 is 0 Å². The minimum Gasteiger partial charge on any atom is -0.392 e. The molecule has 3 nitrogen and oxygen atoms in total. The molecule has 0 radical (unpaired) electrons. The van der Waals surface area contributed by atoms with Crippen molar-refractivity contribution in [3.63, 3.8) is 0 Å². The van der Waals surface area contributed by atoms with Crippen molar-refractivity contribution in [3.8, 4) is 0 Å². The zero-order chi connectivity index (χ0) is 13.8. The van der Waals surface area contributed by atoms with Crippen molar-refractivity contribution in [2.75, 3.05) is 5.32 Å². The highest BCUT2D eigenvalue weighted by molar-refractivity contribution is 6.04. The summed E-state index contributed by atoms with van der Waals surface area (Å²) in [5.41, 5.74) is 2.46. The average molecular weight is 259 g/mol. The molecule has 0 saturated heterocycles. The Bertz CT molecular complexity index is 611. The lowest BCUT2D eigenvalue weighted by Gasteiger charge is -2.10. The van der Waals surface area contributed by atoms with E-state index in [2.05, 4.69) is 5.32 Å². The van der Waals surface area contributed by atoms with Crippen molar-refractivity contribution >= 4 is 11.6 Å². The van der Waals surface area contributed by atoms with Crippen molar-refractivity contribution in [2.45, 2.75) is 13.5 Å². The van der Waals surface area contributed by atoms with E-state index in [0.717, 1.165) is 5.56 Å². The summed E-state index contributed by atoms with van der Waals surface area (Å²) in [5.74, 6) is -0.828. The molecule has 2 N–H and O–H groups in total. The van der Waals surface area contributed by atoms with Crippen LogP contribution in [0, 0.1) is 12.7 Å². The van der Waals surface area contributed by atoms with Crippen molar-refractivity contribution in [1.82, 2.24) is 0 Å². The first-order chi connectivity index (χ1) is 9.10. The van der Waals surface area contributed by atoms with Crippen LogP contribution in [0.1, 0.15) is 21.5 Å². The predicted molar refractivity (Wildman–Crippen MR) is 71.5 cm³/mol. The number of carbonyl (C=O) groups is 1. The number of rotatable bonds is 3. The summed E-state index contributed by atoms with van der Waals surface area (Å²) >= 11 is 0. The van der Waals surface area contributed by atoms with Crippen LogP contribution in [-0.4, -0.2) is 11.0 Å². The topological polar surface area (TPSA) is 49.3 Å². The standard InChI is InChI=1S/C15H14FNO2/c1-10-5-6-11(9-18)7-14(10)17-15(19)12-3-2-4-13(16)8-12/h2-8,18H,9H2,1H3,(H,17,19). The molecule has 0 heterocycles. The molecule has 19 heavy (non-hydrogen) atoms. The van der Waals surface area contributed by atoms with Crippen molar-refractivity contribution in [3.05, 3.63) is 65.0 Å². The maximum Gasteiger partial charge on any atom is 0.255 e. The Morgan fingerprint density at radius 2 is 2.05 bits per heavy atom. The number of aliphatic hydroxyl groups is 1. The number of aryl methyl sites for hydroxylation is 1. The second kappa shape index (κ2) is 5.63. The molecule has 0 fully saturated rings. The van der Waals surface area contributed by atoms with Gasteiger partial charge in [-0.05, 0) is 42.3 Å². The van der Waals surface area contributed by atoms with Gasteiger partial charge in [0.15, 0.2) is 0 Å². The van der Waals surface area contributed by atoms with Crippen LogP contribution in [0.2, 0.25) is 0 Å². The molecule has 0 bridgehead atoms. The molecule has 98 valence electrons. The van der Waals surface area contributed by atoms with E-state index >= 15 is 0 Å². The number of hydrogen-bond acceptors (Lipinski definition) is 2. The fraction of sp³-hybridized carbons (Fsp3) is 0.133. The van der Waals surface area contributed by atoms with E-state index in [1.165, 1.54) is 18.2 Å². The lowest BCUT2D eigenvalue weighted by Crippen LogP contribution is -2.13. The van der Waals surface area contributed by atoms with E-state index < -0.39 is 5.82 Å². The third kappa shape index (κ3) is 3.17. The predicted octanol–water partition coefficient (Wildman–Crippen LogP) is 2.88. The van der Waals surface area contributed by atoms with Gasteiger partial charge < -0.3 is 10.4 Å². The van der Waals surface area contributed by atoms with E-state index in [1.807, 2.05) is 13.0 Å². The summed E-state index contributed by atoms with van der Waals surface area (Å²) in [5, 5.41) is 11.8. The van der Waals surface area contributed by atoms with Crippen LogP contribution in [-0.2, 0) is 6.61 Å². The van der Waals surface area contributed by atoms with Crippen LogP contribution in [0.3, 0.4) is 0 Å². The molecule has 0 aliphatic heterocycles. The summed E-state index contributed by atoms with van der Waals surface area (Å²) in [7, 11) is 0. The smallest absolute Gasteiger partial charge is 0.255 e. The van der Waals surface area contributed by atoms with E-state index in [9.17, 15) is 9.18 Å². The number of aliphatic hydroxyl groups excluding tert-OH is 1. The SMILES string of the molecule is Cc1ccc(CO)cc1NC(=O)c1cccc(F)c1. The normalized spacial score (nSPS) is 10.3. The number of hydrogen-bond donors (Lipinski definition) is 2. The second-order valence-corrected chi connectivity index (χ2v) is 4.27. The molecule has 2 aromatic carbocycles. The average Bonchev–Trinajstić information content (AvgIpc) is 2.41. The summed E-state index contributed by atoms with van der Waals surface area (Å²) in [6.45, 7) is 1.76. The van der Waals surface area contributed by atoms with Crippen LogP contribution >= 0.6 is 0 Å². The molecule has 2 aromatic rings. The van der Waals surface area contributed by atoms with Gasteiger partial charge in [-0.3, -0.25) is 4.79 Å². The number of anilines is 1. The van der Waals surface area contributed by atoms with Gasteiger partial charge in [-0.25, -0.2) is 4.39 Å². The molecule has 0 unspecified atom stereocenters. The molecule has 0 aromatic heterocycles. The number of halogens is 1. The van der Waals surface area contributed by atoms with Crippen molar-refractivity contribution in [2.24, 2.45) is 0 Å². The maximum atomic E-state index is 13.1. The van der Waals surface area contributed by atoms with Crippen molar-refractivity contribution in [1.29, 1.82) is 0 Å². The van der Waals surface area contributed by atoms with Gasteiger partial charge in [0, 0.05) is 11.3 Å². The van der Waals surface area contributed by atoms with Crippen LogP contribution < -0.4 is 5.32 Å². The highest BCUT2D eigenvalue weighted by Crippen LogP contribution is 2.18. The zero-order valence-corrected chi connectivity index (χ0v) is 10.5.